The van der Waals surface area contributed by atoms with Crippen molar-refractivity contribution in [1.29, 1.82) is 0 Å². The van der Waals surface area contributed by atoms with Gasteiger partial charge in [0.05, 0.1) is 11.6 Å². The highest BCUT2D eigenvalue weighted by Gasteiger charge is 2.26. The molecule has 0 saturated heterocycles. The zero-order valence-corrected chi connectivity index (χ0v) is 14.3. The number of aryl methyl sites for hydroxylation is 1. The third-order valence-electron chi connectivity index (χ3n) is 4.70. The van der Waals surface area contributed by atoms with Gasteiger partial charge in [-0.05, 0) is 42.5 Å². The summed E-state index contributed by atoms with van der Waals surface area (Å²) >= 11 is 0. The normalized spacial score (nSPS) is 16.0. The molecule has 130 valence electrons. The Morgan fingerprint density at radius 1 is 1.16 bits per heavy atom. The fraction of sp³-hybridized carbons (Fsp3) is 0.300. The highest BCUT2D eigenvalue weighted by Crippen LogP contribution is 2.33. The van der Waals surface area contributed by atoms with E-state index in [4.69, 9.17) is 10.5 Å². The van der Waals surface area contributed by atoms with Gasteiger partial charge in [0, 0.05) is 7.05 Å². The quantitative estimate of drug-likeness (QED) is 0.911. The fourth-order valence-electron chi connectivity index (χ4n) is 3.34. The van der Waals surface area contributed by atoms with E-state index in [0.29, 0.717) is 5.75 Å². The summed E-state index contributed by atoms with van der Waals surface area (Å²) in [6.45, 7) is -0.126. The minimum atomic E-state index is -0.572. The molecule has 0 bridgehead atoms. The molecule has 25 heavy (non-hydrogen) atoms. The smallest absolute Gasteiger partial charge is 0.260 e. The molecule has 0 fully saturated rings. The number of hydrogen-bond donors (Lipinski definition) is 1. The van der Waals surface area contributed by atoms with Crippen molar-refractivity contribution < 1.29 is 14.3 Å². The van der Waals surface area contributed by atoms with E-state index >= 15 is 0 Å². The molecule has 0 heterocycles. The van der Waals surface area contributed by atoms with Gasteiger partial charge in [-0.1, -0.05) is 36.4 Å². The number of ether oxygens (including phenoxy) is 1. The first-order valence-electron chi connectivity index (χ1n) is 8.43. The second kappa shape index (κ2) is 7.38. The first-order valence-corrected chi connectivity index (χ1v) is 8.43. The lowest BCUT2D eigenvalue weighted by Gasteiger charge is -2.33. The van der Waals surface area contributed by atoms with Crippen molar-refractivity contribution in [3.63, 3.8) is 0 Å². The molecule has 2 aromatic carbocycles. The molecule has 2 aromatic rings. The second-order valence-corrected chi connectivity index (χ2v) is 6.26. The van der Waals surface area contributed by atoms with Gasteiger partial charge in [0.2, 0.25) is 0 Å². The SMILES string of the molecule is CN(C(=O)COc1ccccc1C(N)=O)[C@@H]1CCCc2ccccc21. The third kappa shape index (κ3) is 3.65. The Balaban J connectivity index is 1.69. The fourth-order valence-corrected chi connectivity index (χ4v) is 3.34. The summed E-state index contributed by atoms with van der Waals surface area (Å²) in [5.41, 5.74) is 8.13. The molecule has 0 saturated carbocycles. The Bertz CT molecular complexity index is 788. The summed E-state index contributed by atoms with van der Waals surface area (Å²) in [4.78, 5) is 25.8. The van der Waals surface area contributed by atoms with E-state index in [-0.39, 0.29) is 24.1 Å². The van der Waals surface area contributed by atoms with E-state index in [1.165, 1.54) is 11.1 Å². The average Bonchev–Trinajstić information content (AvgIpc) is 2.65. The van der Waals surface area contributed by atoms with Crippen molar-refractivity contribution in [2.45, 2.75) is 25.3 Å². The van der Waals surface area contributed by atoms with E-state index < -0.39 is 5.91 Å². The lowest BCUT2D eigenvalue weighted by molar-refractivity contribution is -0.134. The number of hydrogen-bond acceptors (Lipinski definition) is 3. The number of carbonyl (C=O) groups excluding carboxylic acids is 2. The number of para-hydroxylation sites is 1. The molecule has 5 nitrogen and oxygen atoms in total. The summed E-state index contributed by atoms with van der Waals surface area (Å²) in [5, 5.41) is 0. The number of nitrogens with two attached hydrogens (primary N) is 1. The summed E-state index contributed by atoms with van der Waals surface area (Å²) < 4.78 is 5.57. The number of nitrogens with zero attached hydrogens (tertiary/aromatic N) is 1. The van der Waals surface area contributed by atoms with Crippen molar-refractivity contribution in [3.05, 3.63) is 65.2 Å². The molecule has 1 atom stereocenters. The topological polar surface area (TPSA) is 72.6 Å². The van der Waals surface area contributed by atoms with Gasteiger partial charge in [0.15, 0.2) is 6.61 Å². The molecule has 0 unspecified atom stereocenters. The van der Waals surface area contributed by atoms with Gasteiger partial charge in [-0.3, -0.25) is 9.59 Å². The highest BCUT2D eigenvalue weighted by molar-refractivity contribution is 5.95. The van der Waals surface area contributed by atoms with Gasteiger partial charge in [-0.15, -0.1) is 0 Å². The Hall–Kier alpha value is -2.82. The van der Waals surface area contributed by atoms with Crippen LogP contribution in [0.25, 0.3) is 0 Å². The molecular formula is C20H22N2O3. The van der Waals surface area contributed by atoms with E-state index in [9.17, 15) is 9.59 Å². The lowest BCUT2D eigenvalue weighted by Crippen LogP contribution is -2.36. The molecular weight excluding hydrogens is 316 g/mol. The lowest BCUT2D eigenvalue weighted by atomic mass is 9.87. The van der Waals surface area contributed by atoms with E-state index in [0.717, 1.165) is 19.3 Å². The number of carbonyl (C=O) groups is 2. The standard InChI is InChI=1S/C20H22N2O3/c1-22(17-11-6-8-14-7-2-3-9-15(14)17)19(23)13-25-18-12-5-4-10-16(18)20(21)24/h2-5,7,9-10,12,17H,6,8,11,13H2,1H3,(H2,21,24)/t17-/m1/s1. The van der Waals surface area contributed by atoms with Crippen molar-refractivity contribution in [3.8, 4) is 5.75 Å². The number of benzene rings is 2. The van der Waals surface area contributed by atoms with Gasteiger partial charge in [-0.25, -0.2) is 0 Å². The van der Waals surface area contributed by atoms with Gasteiger partial charge < -0.3 is 15.4 Å². The summed E-state index contributed by atoms with van der Waals surface area (Å²) in [7, 11) is 1.80. The Morgan fingerprint density at radius 3 is 2.68 bits per heavy atom. The van der Waals surface area contributed by atoms with Gasteiger partial charge >= 0.3 is 0 Å². The Labute approximate surface area is 147 Å². The van der Waals surface area contributed by atoms with E-state index in [1.807, 2.05) is 12.1 Å². The van der Waals surface area contributed by atoms with Crippen molar-refractivity contribution >= 4 is 11.8 Å². The molecule has 0 spiro atoms. The minimum absolute atomic E-state index is 0.0624. The van der Waals surface area contributed by atoms with Crippen LogP contribution in [-0.2, 0) is 11.2 Å². The molecule has 0 aromatic heterocycles. The highest BCUT2D eigenvalue weighted by atomic mass is 16.5. The second-order valence-electron chi connectivity index (χ2n) is 6.26. The molecule has 0 radical (unpaired) electrons. The van der Waals surface area contributed by atoms with Crippen LogP contribution >= 0.6 is 0 Å². The van der Waals surface area contributed by atoms with Gasteiger partial charge in [0.1, 0.15) is 5.75 Å². The number of primary amides is 1. The van der Waals surface area contributed by atoms with Crippen LogP contribution in [0.5, 0.6) is 5.75 Å². The molecule has 2 amide bonds. The monoisotopic (exact) mass is 338 g/mol. The van der Waals surface area contributed by atoms with Crippen molar-refractivity contribution in [1.82, 2.24) is 4.90 Å². The predicted molar refractivity (Wildman–Crippen MR) is 95.3 cm³/mol. The van der Waals surface area contributed by atoms with E-state index in [1.54, 1.807) is 36.2 Å². The van der Waals surface area contributed by atoms with Gasteiger partial charge in [-0.2, -0.15) is 0 Å². The largest absolute Gasteiger partial charge is 0.483 e. The van der Waals surface area contributed by atoms with Gasteiger partial charge in [0.25, 0.3) is 11.8 Å². The average molecular weight is 338 g/mol. The molecule has 1 aliphatic carbocycles. The molecule has 2 N–H and O–H groups in total. The van der Waals surface area contributed by atoms with Crippen molar-refractivity contribution in [2.75, 3.05) is 13.7 Å². The zero-order valence-electron chi connectivity index (χ0n) is 14.3. The van der Waals surface area contributed by atoms with Crippen LogP contribution in [0, 0.1) is 0 Å². The molecule has 1 aliphatic rings. The molecule has 3 rings (SSSR count). The number of amides is 2. The zero-order chi connectivity index (χ0) is 17.8. The number of rotatable bonds is 5. The van der Waals surface area contributed by atoms with Crippen LogP contribution in [-0.4, -0.2) is 30.4 Å². The summed E-state index contributed by atoms with van der Waals surface area (Å²) in [6, 6.07) is 15.0. The first kappa shape index (κ1) is 17.0. The number of likely N-dealkylation sites (N-methyl/N-ethyl adjacent to an activating group) is 1. The predicted octanol–water partition coefficient (Wildman–Crippen LogP) is 2.70. The van der Waals surface area contributed by atoms with Crippen LogP contribution in [0.3, 0.4) is 0 Å². The van der Waals surface area contributed by atoms with Crippen LogP contribution in [0.2, 0.25) is 0 Å². The maximum absolute atomic E-state index is 12.6. The van der Waals surface area contributed by atoms with Crippen LogP contribution in [0.1, 0.15) is 40.4 Å². The summed E-state index contributed by atoms with van der Waals surface area (Å²) in [5.74, 6) is -0.362. The first-order chi connectivity index (χ1) is 12.1. The molecule has 0 aliphatic heterocycles. The van der Waals surface area contributed by atoms with Crippen LogP contribution in [0.15, 0.2) is 48.5 Å². The maximum Gasteiger partial charge on any atom is 0.260 e. The maximum atomic E-state index is 12.6. The van der Waals surface area contributed by atoms with Crippen molar-refractivity contribution in [2.24, 2.45) is 5.73 Å². The Kier molecular flexibility index (Phi) is 5.03. The van der Waals surface area contributed by atoms with Crippen LogP contribution < -0.4 is 10.5 Å². The van der Waals surface area contributed by atoms with E-state index in [2.05, 4.69) is 12.1 Å². The number of fused-ring (bicyclic) bond motifs is 1. The molecule has 5 heteroatoms. The van der Waals surface area contributed by atoms with Crippen LogP contribution in [0.4, 0.5) is 0 Å². The summed E-state index contributed by atoms with van der Waals surface area (Å²) in [6.07, 6.45) is 3.05. The third-order valence-corrected chi connectivity index (χ3v) is 4.70. The Morgan fingerprint density at radius 2 is 1.88 bits per heavy atom. The minimum Gasteiger partial charge on any atom is -0.483 e.